The van der Waals surface area contributed by atoms with E-state index in [1.807, 2.05) is 12.1 Å². The molecule has 0 unspecified atom stereocenters. The van der Waals surface area contributed by atoms with Gasteiger partial charge in [-0.15, -0.1) is 11.3 Å². The van der Waals surface area contributed by atoms with Crippen LogP contribution >= 0.6 is 27.3 Å². The number of thiophene rings is 1. The third-order valence-electron chi connectivity index (χ3n) is 1.41. The number of carbonyl (C=O) groups is 2. The zero-order valence-corrected chi connectivity index (χ0v) is 9.97. The number of hydrogen-bond donors (Lipinski definition) is 2. The number of rotatable bonds is 4. The Kier molecular flexibility index (Phi) is 4.51. The highest BCUT2D eigenvalue weighted by Crippen LogP contribution is 2.22. The summed E-state index contributed by atoms with van der Waals surface area (Å²) in [5, 5.41) is 10.5. The average molecular weight is 290 g/mol. The van der Waals surface area contributed by atoms with Gasteiger partial charge in [0.25, 0.3) is 0 Å². The SMILES string of the molecule is O=C(O)CNC(=O)/C=C/c1ccc(Br)s1. The van der Waals surface area contributed by atoms with Crippen molar-refractivity contribution in [3.63, 3.8) is 0 Å². The van der Waals surface area contributed by atoms with Crippen LogP contribution in [0.3, 0.4) is 0 Å². The Balaban J connectivity index is 2.44. The molecule has 0 aliphatic rings. The van der Waals surface area contributed by atoms with Crippen LogP contribution in [-0.2, 0) is 9.59 Å². The quantitative estimate of drug-likeness (QED) is 0.830. The van der Waals surface area contributed by atoms with E-state index in [1.54, 1.807) is 6.08 Å². The summed E-state index contributed by atoms with van der Waals surface area (Å²) < 4.78 is 0.980. The predicted octanol–water partition coefficient (Wildman–Crippen LogP) is 1.72. The summed E-state index contributed by atoms with van der Waals surface area (Å²) in [4.78, 5) is 22.1. The maximum absolute atomic E-state index is 11.1. The highest BCUT2D eigenvalue weighted by Gasteiger charge is 1.99. The number of carboxylic acids is 1. The van der Waals surface area contributed by atoms with E-state index in [-0.39, 0.29) is 6.54 Å². The molecule has 6 heteroatoms. The number of aliphatic carboxylic acids is 1. The Morgan fingerprint density at radius 3 is 2.80 bits per heavy atom. The van der Waals surface area contributed by atoms with E-state index in [2.05, 4.69) is 21.2 Å². The van der Waals surface area contributed by atoms with Crippen molar-refractivity contribution < 1.29 is 14.7 Å². The average Bonchev–Trinajstić information content (AvgIpc) is 2.58. The molecule has 4 nitrogen and oxygen atoms in total. The fourth-order valence-electron chi connectivity index (χ4n) is 0.797. The van der Waals surface area contributed by atoms with Crippen molar-refractivity contribution >= 4 is 45.2 Å². The molecule has 0 fully saturated rings. The number of nitrogens with one attached hydrogen (secondary N) is 1. The fraction of sp³-hybridized carbons (Fsp3) is 0.111. The van der Waals surface area contributed by atoms with Gasteiger partial charge in [0.2, 0.25) is 5.91 Å². The van der Waals surface area contributed by atoms with Crippen LogP contribution in [0.15, 0.2) is 22.0 Å². The van der Waals surface area contributed by atoms with E-state index in [4.69, 9.17) is 5.11 Å². The normalized spacial score (nSPS) is 10.5. The van der Waals surface area contributed by atoms with Crippen molar-refractivity contribution in [3.8, 4) is 0 Å². The van der Waals surface area contributed by atoms with E-state index in [0.29, 0.717) is 0 Å². The third-order valence-corrected chi connectivity index (χ3v) is 3.00. The largest absolute Gasteiger partial charge is 0.480 e. The van der Waals surface area contributed by atoms with Gasteiger partial charge in [0.1, 0.15) is 6.54 Å². The molecule has 1 rings (SSSR count). The molecule has 15 heavy (non-hydrogen) atoms. The van der Waals surface area contributed by atoms with Crippen molar-refractivity contribution in [2.24, 2.45) is 0 Å². The second-order valence-electron chi connectivity index (χ2n) is 2.59. The summed E-state index contributed by atoms with van der Waals surface area (Å²) in [7, 11) is 0. The summed E-state index contributed by atoms with van der Waals surface area (Å²) in [6.07, 6.45) is 2.94. The summed E-state index contributed by atoms with van der Waals surface area (Å²) in [5.41, 5.74) is 0. The second kappa shape index (κ2) is 5.67. The van der Waals surface area contributed by atoms with Gasteiger partial charge in [-0.25, -0.2) is 0 Å². The van der Waals surface area contributed by atoms with Gasteiger partial charge in [0, 0.05) is 11.0 Å². The smallest absolute Gasteiger partial charge is 0.322 e. The van der Waals surface area contributed by atoms with Gasteiger partial charge in [-0.1, -0.05) is 0 Å². The van der Waals surface area contributed by atoms with E-state index in [9.17, 15) is 9.59 Å². The Morgan fingerprint density at radius 2 is 2.27 bits per heavy atom. The minimum absolute atomic E-state index is 0.364. The molecule has 0 radical (unpaired) electrons. The molecule has 1 heterocycles. The Hall–Kier alpha value is -1.14. The first-order valence-corrected chi connectivity index (χ1v) is 5.62. The van der Waals surface area contributed by atoms with Crippen LogP contribution in [0, 0.1) is 0 Å². The van der Waals surface area contributed by atoms with E-state index in [1.165, 1.54) is 17.4 Å². The van der Waals surface area contributed by atoms with Crippen molar-refractivity contribution in [2.45, 2.75) is 0 Å². The second-order valence-corrected chi connectivity index (χ2v) is 5.08. The lowest BCUT2D eigenvalue weighted by Gasteiger charge is -1.95. The zero-order valence-electron chi connectivity index (χ0n) is 7.57. The van der Waals surface area contributed by atoms with Crippen LogP contribution in [-0.4, -0.2) is 23.5 Å². The Morgan fingerprint density at radius 1 is 1.53 bits per heavy atom. The molecule has 1 aromatic heterocycles. The summed E-state index contributed by atoms with van der Waals surface area (Å²) in [6.45, 7) is -0.364. The van der Waals surface area contributed by atoms with Crippen molar-refractivity contribution in [1.82, 2.24) is 5.32 Å². The Bertz CT molecular complexity index is 400. The van der Waals surface area contributed by atoms with Crippen LogP contribution in [0.4, 0.5) is 0 Å². The van der Waals surface area contributed by atoms with Crippen LogP contribution < -0.4 is 5.32 Å². The van der Waals surface area contributed by atoms with Crippen molar-refractivity contribution in [2.75, 3.05) is 6.54 Å². The molecule has 2 N–H and O–H groups in total. The van der Waals surface area contributed by atoms with E-state index < -0.39 is 11.9 Å². The minimum atomic E-state index is -1.06. The molecule has 1 amide bonds. The molecule has 80 valence electrons. The lowest BCUT2D eigenvalue weighted by Crippen LogP contribution is -2.27. The molecule has 0 saturated heterocycles. The fourth-order valence-corrected chi connectivity index (χ4v) is 2.12. The van der Waals surface area contributed by atoms with Gasteiger partial charge < -0.3 is 10.4 Å². The standard InChI is InChI=1S/C9H8BrNO3S/c10-7-3-1-6(15-7)2-4-8(12)11-5-9(13)14/h1-4H,5H2,(H,11,12)(H,13,14)/b4-2+. The number of carboxylic acid groups (broad SMARTS) is 1. The maximum Gasteiger partial charge on any atom is 0.322 e. The third kappa shape index (κ3) is 4.75. The lowest BCUT2D eigenvalue weighted by atomic mass is 10.4. The molecular weight excluding hydrogens is 282 g/mol. The molecule has 0 spiro atoms. The molecule has 0 atom stereocenters. The number of carbonyl (C=O) groups excluding carboxylic acids is 1. The van der Waals surface area contributed by atoms with Gasteiger partial charge in [0.15, 0.2) is 0 Å². The van der Waals surface area contributed by atoms with Crippen LogP contribution in [0.25, 0.3) is 6.08 Å². The summed E-state index contributed by atoms with van der Waals surface area (Å²) in [6, 6.07) is 3.73. The van der Waals surface area contributed by atoms with Gasteiger partial charge in [-0.05, 0) is 34.1 Å². The predicted molar refractivity (Wildman–Crippen MR) is 61.7 cm³/mol. The summed E-state index contributed by atoms with van der Waals surface area (Å²) >= 11 is 4.78. The van der Waals surface area contributed by atoms with Crippen LogP contribution in [0.5, 0.6) is 0 Å². The number of halogens is 1. The molecule has 0 bridgehead atoms. The molecule has 0 saturated carbocycles. The highest BCUT2D eigenvalue weighted by molar-refractivity contribution is 9.11. The minimum Gasteiger partial charge on any atom is -0.480 e. The van der Waals surface area contributed by atoms with Crippen LogP contribution in [0.2, 0.25) is 0 Å². The number of amides is 1. The van der Waals surface area contributed by atoms with Gasteiger partial charge in [0.05, 0.1) is 3.79 Å². The monoisotopic (exact) mass is 289 g/mol. The highest BCUT2D eigenvalue weighted by atomic mass is 79.9. The first-order valence-electron chi connectivity index (χ1n) is 4.01. The summed E-state index contributed by atoms with van der Waals surface area (Å²) in [5.74, 6) is -1.47. The molecule has 1 aromatic rings. The molecule has 0 aliphatic carbocycles. The molecule has 0 aromatic carbocycles. The van der Waals surface area contributed by atoms with Gasteiger partial charge in [-0.2, -0.15) is 0 Å². The van der Waals surface area contributed by atoms with Crippen LogP contribution in [0.1, 0.15) is 4.88 Å². The molecular formula is C9H8BrNO3S. The van der Waals surface area contributed by atoms with E-state index in [0.717, 1.165) is 8.66 Å². The zero-order chi connectivity index (χ0) is 11.3. The van der Waals surface area contributed by atoms with Crippen molar-refractivity contribution in [1.29, 1.82) is 0 Å². The van der Waals surface area contributed by atoms with Gasteiger partial charge >= 0.3 is 5.97 Å². The van der Waals surface area contributed by atoms with Gasteiger partial charge in [-0.3, -0.25) is 9.59 Å². The first kappa shape index (κ1) is 11.9. The topological polar surface area (TPSA) is 66.4 Å². The maximum atomic E-state index is 11.1. The lowest BCUT2D eigenvalue weighted by molar-refractivity contribution is -0.137. The number of hydrogen-bond acceptors (Lipinski definition) is 3. The molecule has 0 aliphatic heterocycles. The van der Waals surface area contributed by atoms with E-state index >= 15 is 0 Å². The first-order chi connectivity index (χ1) is 7.08. The Labute approximate surface area is 98.7 Å². The van der Waals surface area contributed by atoms with Crippen molar-refractivity contribution in [3.05, 3.63) is 26.9 Å².